The van der Waals surface area contributed by atoms with Crippen molar-refractivity contribution < 1.29 is 9.52 Å². The molecule has 0 bridgehead atoms. The van der Waals surface area contributed by atoms with Crippen LogP contribution in [0.1, 0.15) is 5.56 Å². The molecule has 1 heterocycles. The molecule has 0 unspecified atom stereocenters. The molecule has 0 saturated carbocycles. The van der Waals surface area contributed by atoms with Crippen molar-refractivity contribution >= 4 is 6.01 Å². The predicted octanol–water partition coefficient (Wildman–Crippen LogP) is 1.42. The number of rotatable bonds is 2. The van der Waals surface area contributed by atoms with Gasteiger partial charge in [-0.25, -0.2) is 0 Å². The third-order valence-corrected chi connectivity index (χ3v) is 1.93. The summed E-state index contributed by atoms with van der Waals surface area (Å²) in [5.74, 6) is 0. The monoisotopic (exact) mass is 190 g/mol. The van der Waals surface area contributed by atoms with Crippen molar-refractivity contribution in [3.63, 3.8) is 0 Å². The van der Waals surface area contributed by atoms with Crippen molar-refractivity contribution in [3.8, 4) is 11.3 Å². The Morgan fingerprint density at radius 3 is 2.93 bits per heavy atom. The Hall–Kier alpha value is -1.81. The highest BCUT2D eigenvalue weighted by molar-refractivity contribution is 5.59. The zero-order valence-corrected chi connectivity index (χ0v) is 7.47. The molecule has 1 aromatic carbocycles. The zero-order chi connectivity index (χ0) is 9.97. The largest absolute Gasteiger partial charge is 0.432 e. The summed E-state index contributed by atoms with van der Waals surface area (Å²) in [4.78, 5) is 3.99. The van der Waals surface area contributed by atoms with Crippen molar-refractivity contribution in [2.24, 2.45) is 0 Å². The van der Waals surface area contributed by atoms with Gasteiger partial charge in [-0.2, -0.15) is 4.98 Å². The number of oxazole rings is 1. The second-order valence-corrected chi connectivity index (χ2v) is 2.93. The van der Waals surface area contributed by atoms with E-state index >= 15 is 0 Å². The number of nitrogen functional groups attached to an aromatic ring is 1. The van der Waals surface area contributed by atoms with Crippen LogP contribution in [0.25, 0.3) is 11.3 Å². The van der Waals surface area contributed by atoms with Crippen LogP contribution in [0.15, 0.2) is 34.9 Å². The molecule has 72 valence electrons. The molecule has 14 heavy (non-hydrogen) atoms. The first-order valence-corrected chi connectivity index (χ1v) is 4.21. The number of nitrogens with zero attached hydrogens (tertiary/aromatic N) is 1. The summed E-state index contributed by atoms with van der Waals surface area (Å²) < 4.78 is 4.90. The summed E-state index contributed by atoms with van der Waals surface area (Å²) >= 11 is 0. The van der Waals surface area contributed by atoms with Crippen molar-refractivity contribution in [1.29, 1.82) is 0 Å². The average Bonchev–Trinajstić information content (AvgIpc) is 2.65. The van der Waals surface area contributed by atoms with Gasteiger partial charge in [0.2, 0.25) is 0 Å². The van der Waals surface area contributed by atoms with Gasteiger partial charge >= 0.3 is 0 Å². The van der Waals surface area contributed by atoms with E-state index in [-0.39, 0.29) is 12.6 Å². The van der Waals surface area contributed by atoms with E-state index < -0.39 is 0 Å². The van der Waals surface area contributed by atoms with Crippen molar-refractivity contribution in [3.05, 3.63) is 36.1 Å². The van der Waals surface area contributed by atoms with Crippen LogP contribution >= 0.6 is 0 Å². The number of benzene rings is 1. The Morgan fingerprint density at radius 2 is 2.29 bits per heavy atom. The third-order valence-electron chi connectivity index (χ3n) is 1.93. The molecule has 0 atom stereocenters. The maximum absolute atomic E-state index is 8.95. The molecule has 4 nitrogen and oxygen atoms in total. The molecule has 0 radical (unpaired) electrons. The van der Waals surface area contributed by atoms with E-state index in [1.165, 1.54) is 6.26 Å². The van der Waals surface area contributed by atoms with E-state index in [1.54, 1.807) is 0 Å². The first-order valence-electron chi connectivity index (χ1n) is 4.21. The summed E-state index contributed by atoms with van der Waals surface area (Å²) in [6, 6.07) is 7.57. The van der Waals surface area contributed by atoms with Gasteiger partial charge in [0.05, 0.1) is 6.61 Å². The van der Waals surface area contributed by atoms with Gasteiger partial charge in [0.15, 0.2) is 0 Å². The van der Waals surface area contributed by atoms with Gasteiger partial charge in [0, 0.05) is 5.56 Å². The van der Waals surface area contributed by atoms with Crippen LogP contribution in [0.2, 0.25) is 0 Å². The SMILES string of the molecule is Nc1nc(-c2cccc(CO)c2)co1. The molecule has 0 aliphatic rings. The van der Waals surface area contributed by atoms with Crippen LogP contribution in [-0.2, 0) is 6.61 Å². The van der Waals surface area contributed by atoms with Crippen molar-refractivity contribution in [2.45, 2.75) is 6.61 Å². The molecule has 0 aliphatic carbocycles. The van der Waals surface area contributed by atoms with Gasteiger partial charge in [-0.15, -0.1) is 0 Å². The molecule has 0 spiro atoms. The fourth-order valence-corrected chi connectivity index (χ4v) is 1.25. The lowest BCUT2D eigenvalue weighted by atomic mass is 10.1. The maximum atomic E-state index is 8.95. The second-order valence-electron chi connectivity index (χ2n) is 2.93. The minimum Gasteiger partial charge on any atom is -0.432 e. The number of nitrogens with two attached hydrogens (primary N) is 1. The van der Waals surface area contributed by atoms with Crippen LogP contribution in [0.3, 0.4) is 0 Å². The maximum Gasteiger partial charge on any atom is 0.292 e. The molecule has 2 aromatic rings. The molecule has 1 aromatic heterocycles. The summed E-state index contributed by atoms with van der Waals surface area (Å²) in [7, 11) is 0. The van der Waals surface area contributed by atoms with E-state index in [4.69, 9.17) is 15.3 Å². The predicted molar refractivity (Wildman–Crippen MR) is 52.3 cm³/mol. The number of hydrogen-bond acceptors (Lipinski definition) is 4. The Bertz CT molecular complexity index is 437. The van der Waals surface area contributed by atoms with Crippen LogP contribution in [0, 0.1) is 0 Å². The van der Waals surface area contributed by atoms with Gasteiger partial charge in [-0.3, -0.25) is 0 Å². The fraction of sp³-hybridized carbons (Fsp3) is 0.100. The topological polar surface area (TPSA) is 72.3 Å². The quantitative estimate of drug-likeness (QED) is 0.751. The molecule has 0 fully saturated rings. The lowest BCUT2D eigenvalue weighted by molar-refractivity contribution is 0.282. The molecule has 0 amide bonds. The zero-order valence-electron chi connectivity index (χ0n) is 7.47. The molecular formula is C10H10N2O2. The van der Waals surface area contributed by atoms with Gasteiger partial charge in [-0.05, 0) is 11.6 Å². The standard InChI is InChI=1S/C10H10N2O2/c11-10-12-9(6-14-10)8-3-1-2-7(4-8)5-13/h1-4,6,13H,5H2,(H2,11,12). The van der Waals surface area contributed by atoms with Crippen LogP contribution in [0.4, 0.5) is 6.01 Å². The van der Waals surface area contributed by atoms with Gasteiger partial charge in [-0.1, -0.05) is 18.2 Å². The highest BCUT2D eigenvalue weighted by Crippen LogP contribution is 2.20. The number of hydrogen-bond donors (Lipinski definition) is 2. The highest BCUT2D eigenvalue weighted by atomic mass is 16.4. The Kier molecular flexibility index (Phi) is 2.20. The molecular weight excluding hydrogens is 180 g/mol. The summed E-state index contributed by atoms with van der Waals surface area (Å²) in [5, 5.41) is 8.95. The smallest absolute Gasteiger partial charge is 0.292 e. The van der Waals surface area contributed by atoms with Crippen LogP contribution in [0.5, 0.6) is 0 Å². The van der Waals surface area contributed by atoms with Crippen LogP contribution in [-0.4, -0.2) is 10.1 Å². The molecule has 2 rings (SSSR count). The average molecular weight is 190 g/mol. The number of aliphatic hydroxyl groups is 1. The van der Waals surface area contributed by atoms with E-state index in [1.807, 2.05) is 24.3 Å². The Labute approximate surface area is 81.0 Å². The van der Waals surface area contributed by atoms with Crippen LogP contribution < -0.4 is 5.73 Å². The van der Waals surface area contributed by atoms with E-state index in [0.29, 0.717) is 5.69 Å². The van der Waals surface area contributed by atoms with Gasteiger partial charge in [0.1, 0.15) is 12.0 Å². The molecule has 0 aliphatic heterocycles. The van der Waals surface area contributed by atoms with Gasteiger partial charge < -0.3 is 15.3 Å². The van der Waals surface area contributed by atoms with E-state index in [9.17, 15) is 0 Å². The minimum atomic E-state index is 0.0151. The van der Waals surface area contributed by atoms with E-state index in [2.05, 4.69) is 4.98 Å². The second kappa shape index (κ2) is 3.51. The first kappa shape index (κ1) is 8.77. The number of aromatic nitrogens is 1. The third kappa shape index (κ3) is 1.60. The Balaban J connectivity index is 2.41. The molecule has 0 saturated heterocycles. The lowest BCUT2D eigenvalue weighted by Gasteiger charge is -1.98. The molecule has 4 heteroatoms. The van der Waals surface area contributed by atoms with Crippen molar-refractivity contribution in [1.82, 2.24) is 4.98 Å². The first-order chi connectivity index (χ1) is 6.79. The highest BCUT2D eigenvalue weighted by Gasteiger charge is 2.03. The Morgan fingerprint density at radius 1 is 1.43 bits per heavy atom. The fourth-order valence-electron chi connectivity index (χ4n) is 1.25. The van der Waals surface area contributed by atoms with Gasteiger partial charge in [0.25, 0.3) is 6.01 Å². The van der Waals surface area contributed by atoms with Crippen molar-refractivity contribution in [2.75, 3.05) is 5.73 Å². The minimum absolute atomic E-state index is 0.0151. The number of aliphatic hydroxyl groups excluding tert-OH is 1. The normalized spacial score (nSPS) is 10.4. The lowest BCUT2D eigenvalue weighted by Crippen LogP contribution is -1.86. The van der Waals surface area contributed by atoms with E-state index in [0.717, 1.165) is 11.1 Å². The summed E-state index contributed by atoms with van der Waals surface area (Å²) in [5.41, 5.74) is 7.76. The number of anilines is 1. The molecule has 3 N–H and O–H groups in total. The summed E-state index contributed by atoms with van der Waals surface area (Å²) in [6.45, 7) is 0.0151. The summed E-state index contributed by atoms with van der Waals surface area (Å²) in [6.07, 6.45) is 1.49.